The van der Waals surface area contributed by atoms with Crippen molar-refractivity contribution in [2.24, 2.45) is 0 Å². The molecule has 0 bridgehead atoms. The van der Waals surface area contributed by atoms with E-state index in [9.17, 15) is 26.4 Å². The Labute approximate surface area is 106 Å². The standard InChI is InChI=1S/C9H10F3N3O3S/c10-9(11,12)7-6(5-13-14-7)8(16)15-1-3-19(17,18)4-2-15/h5H,1-4H2,(H,13,14). The minimum absolute atomic E-state index is 0.107. The van der Waals surface area contributed by atoms with Crippen LogP contribution in [-0.2, 0) is 16.0 Å². The average molecular weight is 297 g/mol. The summed E-state index contributed by atoms with van der Waals surface area (Å²) in [6, 6.07) is 0. The number of aromatic nitrogens is 2. The second kappa shape index (κ2) is 4.51. The van der Waals surface area contributed by atoms with Gasteiger partial charge in [0.1, 0.15) is 0 Å². The van der Waals surface area contributed by atoms with Crippen LogP contribution in [-0.4, -0.2) is 54.0 Å². The Kier molecular flexibility index (Phi) is 3.29. The van der Waals surface area contributed by atoms with Gasteiger partial charge in [0.25, 0.3) is 5.91 Å². The van der Waals surface area contributed by atoms with Crippen molar-refractivity contribution in [3.63, 3.8) is 0 Å². The molecule has 2 rings (SSSR count). The van der Waals surface area contributed by atoms with E-state index < -0.39 is 33.2 Å². The molecule has 1 saturated heterocycles. The Morgan fingerprint density at radius 3 is 2.42 bits per heavy atom. The van der Waals surface area contributed by atoms with Gasteiger partial charge in [0.15, 0.2) is 15.5 Å². The Morgan fingerprint density at radius 1 is 1.32 bits per heavy atom. The van der Waals surface area contributed by atoms with Crippen molar-refractivity contribution in [2.75, 3.05) is 24.6 Å². The minimum Gasteiger partial charge on any atom is -0.336 e. The molecule has 0 aromatic carbocycles. The molecule has 1 aliphatic rings. The number of sulfone groups is 1. The van der Waals surface area contributed by atoms with Gasteiger partial charge >= 0.3 is 6.18 Å². The number of H-pyrrole nitrogens is 1. The van der Waals surface area contributed by atoms with Crippen molar-refractivity contribution in [2.45, 2.75) is 6.18 Å². The summed E-state index contributed by atoms with van der Waals surface area (Å²) in [7, 11) is -3.20. The summed E-state index contributed by atoms with van der Waals surface area (Å²) < 4.78 is 60.2. The maximum absolute atomic E-state index is 12.6. The van der Waals surface area contributed by atoms with Crippen molar-refractivity contribution in [1.29, 1.82) is 0 Å². The molecule has 19 heavy (non-hydrogen) atoms. The van der Waals surface area contributed by atoms with Crippen LogP contribution in [0, 0.1) is 0 Å². The molecule has 2 heterocycles. The van der Waals surface area contributed by atoms with Crippen molar-refractivity contribution in [3.8, 4) is 0 Å². The van der Waals surface area contributed by atoms with Crippen LogP contribution in [0.15, 0.2) is 6.20 Å². The van der Waals surface area contributed by atoms with Gasteiger partial charge in [-0.1, -0.05) is 0 Å². The van der Waals surface area contributed by atoms with Crippen LogP contribution in [0.4, 0.5) is 13.2 Å². The molecule has 1 amide bonds. The topological polar surface area (TPSA) is 83.1 Å². The van der Waals surface area contributed by atoms with E-state index in [4.69, 9.17) is 0 Å². The number of amides is 1. The van der Waals surface area contributed by atoms with Gasteiger partial charge in [-0.15, -0.1) is 0 Å². The monoisotopic (exact) mass is 297 g/mol. The van der Waals surface area contributed by atoms with Gasteiger partial charge in [-0.25, -0.2) is 8.42 Å². The third-order valence-corrected chi connectivity index (χ3v) is 4.39. The quantitative estimate of drug-likeness (QED) is 0.808. The largest absolute Gasteiger partial charge is 0.433 e. The number of hydrogen-bond donors (Lipinski definition) is 1. The van der Waals surface area contributed by atoms with Gasteiger partial charge < -0.3 is 4.90 Å². The van der Waals surface area contributed by atoms with Crippen LogP contribution in [0.2, 0.25) is 0 Å². The van der Waals surface area contributed by atoms with Crippen LogP contribution in [0.3, 0.4) is 0 Å². The van der Waals surface area contributed by atoms with E-state index in [2.05, 4.69) is 5.10 Å². The number of aromatic amines is 1. The van der Waals surface area contributed by atoms with Crippen LogP contribution in [0.5, 0.6) is 0 Å². The number of halogens is 3. The lowest BCUT2D eigenvalue weighted by atomic mass is 10.2. The van der Waals surface area contributed by atoms with Crippen LogP contribution in [0.1, 0.15) is 16.1 Å². The van der Waals surface area contributed by atoms with E-state index >= 15 is 0 Å². The highest BCUT2D eigenvalue weighted by Gasteiger charge is 2.39. The molecular weight excluding hydrogens is 287 g/mol. The normalized spacial score (nSPS) is 19.4. The van der Waals surface area contributed by atoms with Gasteiger partial charge in [0, 0.05) is 13.1 Å². The summed E-state index contributed by atoms with van der Waals surface area (Å²) >= 11 is 0. The molecule has 1 aromatic rings. The summed E-state index contributed by atoms with van der Waals surface area (Å²) in [4.78, 5) is 13.0. The molecule has 0 radical (unpaired) electrons. The molecule has 0 spiro atoms. The maximum atomic E-state index is 12.6. The zero-order valence-corrected chi connectivity index (χ0v) is 10.4. The van der Waals surface area contributed by atoms with Crippen molar-refractivity contribution in [3.05, 3.63) is 17.5 Å². The highest BCUT2D eigenvalue weighted by atomic mass is 32.2. The number of nitrogens with one attached hydrogen (secondary N) is 1. The highest BCUT2D eigenvalue weighted by molar-refractivity contribution is 7.91. The summed E-state index contributed by atoms with van der Waals surface area (Å²) in [5, 5.41) is 4.96. The first-order chi connectivity index (χ1) is 8.71. The smallest absolute Gasteiger partial charge is 0.336 e. The summed E-state index contributed by atoms with van der Waals surface area (Å²) in [5.41, 5.74) is -1.81. The third kappa shape index (κ3) is 2.88. The highest BCUT2D eigenvalue weighted by Crippen LogP contribution is 2.30. The van der Waals surface area contributed by atoms with E-state index in [0.717, 1.165) is 11.1 Å². The number of carbonyl (C=O) groups is 1. The molecule has 1 aromatic heterocycles. The fraction of sp³-hybridized carbons (Fsp3) is 0.556. The lowest BCUT2D eigenvalue weighted by Gasteiger charge is -2.26. The minimum atomic E-state index is -4.71. The fourth-order valence-corrected chi connectivity index (χ4v) is 2.95. The molecule has 1 fully saturated rings. The molecule has 0 unspecified atom stereocenters. The molecule has 0 atom stereocenters. The Hall–Kier alpha value is -1.58. The molecule has 106 valence electrons. The first-order valence-corrected chi connectivity index (χ1v) is 7.13. The Balaban J connectivity index is 2.20. The molecule has 1 aliphatic heterocycles. The van der Waals surface area contributed by atoms with E-state index in [0.29, 0.717) is 0 Å². The number of nitrogens with zero attached hydrogens (tertiary/aromatic N) is 2. The summed E-state index contributed by atoms with van der Waals surface area (Å²) in [6.07, 6.45) is -3.91. The fourth-order valence-electron chi connectivity index (χ4n) is 1.75. The van der Waals surface area contributed by atoms with Crippen molar-refractivity contribution in [1.82, 2.24) is 15.1 Å². The number of alkyl halides is 3. The second-order valence-corrected chi connectivity index (χ2v) is 6.40. The van der Waals surface area contributed by atoms with Gasteiger partial charge in [0.05, 0.1) is 23.3 Å². The Bertz CT molecular complexity index is 579. The first-order valence-electron chi connectivity index (χ1n) is 5.31. The van der Waals surface area contributed by atoms with Crippen LogP contribution in [0.25, 0.3) is 0 Å². The van der Waals surface area contributed by atoms with Gasteiger partial charge in [0.2, 0.25) is 0 Å². The van der Waals surface area contributed by atoms with Gasteiger partial charge in [-0.3, -0.25) is 9.89 Å². The molecule has 1 N–H and O–H groups in total. The predicted molar refractivity (Wildman–Crippen MR) is 58.1 cm³/mol. The van der Waals surface area contributed by atoms with E-state index in [1.165, 1.54) is 0 Å². The zero-order valence-electron chi connectivity index (χ0n) is 9.57. The predicted octanol–water partition coefficient (Wildman–Crippen LogP) is 0.299. The third-order valence-electron chi connectivity index (χ3n) is 2.78. The van der Waals surface area contributed by atoms with E-state index in [-0.39, 0.29) is 24.6 Å². The lowest BCUT2D eigenvalue weighted by Crippen LogP contribution is -2.44. The molecule has 0 saturated carbocycles. The number of carbonyl (C=O) groups excluding carboxylic acids is 1. The number of rotatable bonds is 1. The van der Waals surface area contributed by atoms with Crippen LogP contribution >= 0.6 is 0 Å². The summed E-state index contributed by atoms with van der Waals surface area (Å²) in [6.45, 7) is -0.215. The molecule has 10 heteroatoms. The lowest BCUT2D eigenvalue weighted by molar-refractivity contribution is -0.141. The van der Waals surface area contributed by atoms with Crippen molar-refractivity contribution < 1.29 is 26.4 Å². The second-order valence-electron chi connectivity index (χ2n) is 4.10. The van der Waals surface area contributed by atoms with Gasteiger partial charge in [-0.05, 0) is 0 Å². The molecule has 0 aliphatic carbocycles. The molecule has 6 nitrogen and oxygen atoms in total. The van der Waals surface area contributed by atoms with E-state index in [1.54, 1.807) is 5.10 Å². The SMILES string of the molecule is O=C(c1cn[nH]c1C(F)(F)F)N1CCS(=O)(=O)CC1. The average Bonchev–Trinajstić information content (AvgIpc) is 2.76. The zero-order chi connectivity index (χ0) is 14.3. The van der Waals surface area contributed by atoms with E-state index in [1.807, 2.05) is 0 Å². The maximum Gasteiger partial charge on any atom is 0.433 e. The number of hydrogen-bond acceptors (Lipinski definition) is 4. The molecular formula is C9H10F3N3O3S. The summed E-state index contributed by atoms with van der Waals surface area (Å²) in [5.74, 6) is -1.34. The first kappa shape index (κ1) is 13.8. The van der Waals surface area contributed by atoms with Crippen molar-refractivity contribution >= 4 is 15.7 Å². The Morgan fingerprint density at radius 2 is 1.89 bits per heavy atom. The van der Waals surface area contributed by atoms with Gasteiger partial charge in [-0.2, -0.15) is 18.3 Å². The van der Waals surface area contributed by atoms with Crippen LogP contribution < -0.4 is 0 Å².